The number of ether oxygens (including phenoxy) is 1. The highest BCUT2D eigenvalue weighted by atomic mass is 16.5. The van der Waals surface area contributed by atoms with E-state index in [1.54, 1.807) is 35.2 Å². The fourth-order valence-electron chi connectivity index (χ4n) is 2.10. The highest BCUT2D eigenvalue weighted by Crippen LogP contribution is 2.12. The van der Waals surface area contributed by atoms with E-state index in [9.17, 15) is 14.8 Å². The standard InChI is InChI=1S/C13H17BN2O4/c1-3-15-6-7-16(13(15)17)9-10-8-11(20-2)4-5-12(10)14(18)19/h4-8,18-19H,3,9H2,1-2H3. The molecule has 2 rings (SSSR count). The Morgan fingerprint density at radius 3 is 2.50 bits per heavy atom. The van der Waals surface area contributed by atoms with Gasteiger partial charge in [0.25, 0.3) is 0 Å². The molecule has 106 valence electrons. The molecule has 0 spiro atoms. The molecule has 2 N–H and O–H groups in total. The topological polar surface area (TPSA) is 76.6 Å². The smallest absolute Gasteiger partial charge is 0.488 e. The average Bonchev–Trinajstić information content (AvgIpc) is 2.79. The predicted molar refractivity (Wildman–Crippen MR) is 76.3 cm³/mol. The van der Waals surface area contributed by atoms with Crippen molar-refractivity contribution in [1.82, 2.24) is 9.13 Å². The molecule has 20 heavy (non-hydrogen) atoms. The molecule has 7 heteroatoms. The molecule has 0 radical (unpaired) electrons. The molecule has 6 nitrogen and oxygen atoms in total. The van der Waals surface area contributed by atoms with Crippen molar-refractivity contribution in [2.24, 2.45) is 0 Å². The molecule has 1 aromatic carbocycles. The summed E-state index contributed by atoms with van der Waals surface area (Å²) in [6.07, 6.45) is 3.39. The van der Waals surface area contributed by atoms with Crippen LogP contribution in [0.5, 0.6) is 5.75 Å². The van der Waals surface area contributed by atoms with Gasteiger partial charge in [-0.3, -0.25) is 9.13 Å². The highest BCUT2D eigenvalue weighted by Gasteiger charge is 2.17. The van der Waals surface area contributed by atoms with Crippen LogP contribution in [0.25, 0.3) is 0 Å². The van der Waals surface area contributed by atoms with E-state index in [0.717, 1.165) is 0 Å². The van der Waals surface area contributed by atoms with Crippen LogP contribution in [0, 0.1) is 0 Å². The molecule has 0 aliphatic heterocycles. The lowest BCUT2D eigenvalue weighted by atomic mass is 9.77. The zero-order chi connectivity index (χ0) is 14.7. The van der Waals surface area contributed by atoms with Crippen molar-refractivity contribution in [1.29, 1.82) is 0 Å². The third-order valence-corrected chi connectivity index (χ3v) is 3.23. The number of nitrogens with zero attached hydrogens (tertiary/aromatic N) is 2. The van der Waals surface area contributed by atoms with E-state index >= 15 is 0 Å². The number of rotatable bonds is 5. The van der Waals surface area contributed by atoms with Gasteiger partial charge in [-0.05, 0) is 30.1 Å². The summed E-state index contributed by atoms with van der Waals surface area (Å²) in [6, 6.07) is 4.93. The molecule has 0 bridgehead atoms. The summed E-state index contributed by atoms with van der Waals surface area (Å²) in [6.45, 7) is 2.75. The second kappa shape index (κ2) is 5.98. The molecule has 0 fully saturated rings. The average molecular weight is 276 g/mol. The van der Waals surface area contributed by atoms with Crippen LogP contribution in [0.15, 0.2) is 35.4 Å². The number of benzene rings is 1. The van der Waals surface area contributed by atoms with Gasteiger partial charge in [0.2, 0.25) is 0 Å². The van der Waals surface area contributed by atoms with Gasteiger partial charge in [-0.25, -0.2) is 4.79 Å². The van der Waals surface area contributed by atoms with Gasteiger partial charge in [-0.1, -0.05) is 6.07 Å². The number of aryl methyl sites for hydroxylation is 1. The van der Waals surface area contributed by atoms with Crippen molar-refractivity contribution in [2.45, 2.75) is 20.0 Å². The first-order chi connectivity index (χ1) is 9.56. The Morgan fingerprint density at radius 2 is 1.95 bits per heavy atom. The van der Waals surface area contributed by atoms with Crippen LogP contribution in [0.4, 0.5) is 0 Å². The number of aromatic nitrogens is 2. The van der Waals surface area contributed by atoms with Gasteiger partial charge >= 0.3 is 12.8 Å². The molecule has 0 aliphatic carbocycles. The van der Waals surface area contributed by atoms with Gasteiger partial charge in [0.15, 0.2) is 0 Å². The van der Waals surface area contributed by atoms with Crippen LogP contribution in [0.3, 0.4) is 0 Å². The lowest BCUT2D eigenvalue weighted by molar-refractivity contribution is 0.413. The zero-order valence-corrected chi connectivity index (χ0v) is 11.5. The maximum Gasteiger partial charge on any atom is 0.488 e. The Kier molecular flexibility index (Phi) is 4.31. The first-order valence-corrected chi connectivity index (χ1v) is 6.35. The fourth-order valence-corrected chi connectivity index (χ4v) is 2.10. The third kappa shape index (κ3) is 2.78. The van der Waals surface area contributed by atoms with Crippen LogP contribution in [0.1, 0.15) is 12.5 Å². The van der Waals surface area contributed by atoms with Gasteiger partial charge in [0.1, 0.15) is 5.75 Å². The monoisotopic (exact) mass is 276 g/mol. The Morgan fingerprint density at radius 1 is 1.25 bits per heavy atom. The number of hydrogen-bond acceptors (Lipinski definition) is 4. The minimum Gasteiger partial charge on any atom is -0.497 e. The van der Waals surface area contributed by atoms with Gasteiger partial charge in [-0.15, -0.1) is 0 Å². The third-order valence-electron chi connectivity index (χ3n) is 3.23. The Bertz CT molecular complexity index is 648. The van der Waals surface area contributed by atoms with E-state index < -0.39 is 7.12 Å². The van der Waals surface area contributed by atoms with E-state index in [1.165, 1.54) is 11.7 Å². The van der Waals surface area contributed by atoms with Crippen LogP contribution < -0.4 is 15.9 Å². The zero-order valence-electron chi connectivity index (χ0n) is 11.5. The fraction of sp³-hybridized carbons (Fsp3) is 0.308. The first kappa shape index (κ1) is 14.4. The van der Waals surface area contributed by atoms with Crippen molar-refractivity contribution < 1.29 is 14.8 Å². The summed E-state index contributed by atoms with van der Waals surface area (Å²) in [5.74, 6) is 0.604. The highest BCUT2D eigenvalue weighted by molar-refractivity contribution is 6.59. The summed E-state index contributed by atoms with van der Waals surface area (Å²) >= 11 is 0. The summed E-state index contributed by atoms with van der Waals surface area (Å²) < 4.78 is 8.22. The Hall–Kier alpha value is -1.99. The number of hydrogen-bond donors (Lipinski definition) is 2. The van der Waals surface area contributed by atoms with Gasteiger partial charge in [0, 0.05) is 18.9 Å². The maximum absolute atomic E-state index is 12.0. The predicted octanol–water partition coefficient (Wildman–Crippen LogP) is -0.594. The van der Waals surface area contributed by atoms with Gasteiger partial charge in [0.05, 0.1) is 13.7 Å². The summed E-state index contributed by atoms with van der Waals surface area (Å²) in [5, 5.41) is 18.8. The normalized spacial score (nSPS) is 10.6. The van der Waals surface area contributed by atoms with Crippen molar-refractivity contribution in [3.8, 4) is 5.75 Å². The molecule has 1 aromatic heterocycles. The molecular formula is C13H17BN2O4. The maximum atomic E-state index is 12.0. The molecule has 1 heterocycles. The number of imidazole rings is 1. The van der Waals surface area contributed by atoms with E-state index in [0.29, 0.717) is 23.3 Å². The van der Waals surface area contributed by atoms with Gasteiger partial charge in [-0.2, -0.15) is 0 Å². The summed E-state index contributed by atoms with van der Waals surface area (Å²) in [7, 11) is -0.0479. The second-order valence-electron chi connectivity index (χ2n) is 4.43. The largest absolute Gasteiger partial charge is 0.497 e. The van der Waals surface area contributed by atoms with E-state index in [1.807, 2.05) is 6.92 Å². The lowest BCUT2D eigenvalue weighted by Crippen LogP contribution is -2.35. The minimum atomic E-state index is -1.58. The quantitative estimate of drug-likeness (QED) is 0.715. The van der Waals surface area contributed by atoms with Crippen LogP contribution in [0.2, 0.25) is 0 Å². The SMILES string of the molecule is CCn1ccn(Cc2cc(OC)ccc2B(O)O)c1=O. The van der Waals surface area contributed by atoms with Crippen molar-refractivity contribution in [3.63, 3.8) is 0 Å². The van der Waals surface area contributed by atoms with Crippen LogP contribution >= 0.6 is 0 Å². The van der Waals surface area contributed by atoms with Crippen molar-refractivity contribution >= 4 is 12.6 Å². The minimum absolute atomic E-state index is 0.131. The van der Waals surface area contributed by atoms with Crippen molar-refractivity contribution in [3.05, 3.63) is 46.6 Å². The van der Waals surface area contributed by atoms with Gasteiger partial charge < -0.3 is 14.8 Å². The molecule has 0 atom stereocenters. The van der Waals surface area contributed by atoms with Crippen molar-refractivity contribution in [2.75, 3.05) is 7.11 Å². The second-order valence-corrected chi connectivity index (χ2v) is 4.43. The molecule has 0 amide bonds. The molecule has 0 saturated carbocycles. The number of methoxy groups -OCH3 is 1. The molecule has 0 saturated heterocycles. The Balaban J connectivity index is 2.40. The van der Waals surface area contributed by atoms with E-state index in [4.69, 9.17) is 4.74 Å². The first-order valence-electron chi connectivity index (χ1n) is 6.35. The Labute approximate surface area is 117 Å². The molecule has 2 aromatic rings. The van der Waals surface area contributed by atoms with Crippen LogP contribution in [-0.2, 0) is 13.1 Å². The molecular weight excluding hydrogens is 259 g/mol. The summed E-state index contributed by atoms with van der Waals surface area (Å²) in [4.78, 5) is 12.0. The lowest BCUT2D eigenvalue weighted by Gasteiger charge is -2.11. The molecule has 0 unspecified atom stereocenters. The van der Waals surface area contributed by atoms with E-state index in [-0.39, 0.29) is 12.2 Å². The van der Waals surface area contributed by atoms with Crippen LogP contribution in [-0.4, -0.2) is 33.4 Å². The molecule has 0 aliphatic rings. The summed E-state index contributed by atoms with van der Waals surface area (Å²) in [5.41, 5.74) is 0.867. The van der Waals surface area contributed by atoms with E-state index in [2.05, 4.69) is 0 Å².